The molecule has 7 heteroatoms. The summed E-state index contributed by atoms with van der Waals surface area (Å²) in [5.41, 5.74) is 4.38. The van der Waals surface area contributed by atoms with Crippen LogP contribution in [0.2, 0.25) is 0 Å². The van der Waals surface area contributed by atoms with Gasteiger partial charge in [-0.25, -0.2) is 8.78 Å². The number of benzene rings is 3. The molecule has 2 saturated heterocycles. The van der Waals surface area contributed by atoms with Crippen molar-refractivity contribution in [3.63, 3.8) is 0 Å². The van der Waals surface area contributed by atoms with Gasteiger partial charge in [-0.15, -0.1) is 0 Å². The summed E-state index contributed by atoms with van der Waals surface area (Å²) in [5, 5.41) is 0. The first-order chi connectivity index (χ1) is 20.0. The van der Waals surface area contributed by atoms with E-state index in [2.05, 4.69) is 39.0 Å². The van der Waals surface area contributed by atoms with Crippen LogP contribution in [0.25, 0.3) is 0 Å². The third-order valence-electron chi connectivity index (χ3n) is 9.08. The lowest BCUT2D eigenvalue weighted by atomic mass is 9.88. The van der Waals surface area contributed by atoms with Crippen molar-refractivity contribution in [2.75, 3.05) is 50.7 Å². The third-order valence-corrected chi connectivity index (χ3v) is 9.08. The van der Waals surface area contributed by atoms with E-state index in [1.165, 1.54) is 23.8 Å². The van der Waals surface area contributed by atoms with Gasteiger partial charge in [0.15, 0.2) is 0 Å². The van der Waals surface area contributed by atoms with Gasteiger partial charge in [0.25, 0.3) is 0 Å². The molecule has 0 spiro atoms. The minimum Gasteiger partial charge on any atom is -0.340 e. The van der Waals surface area contributed by atoms with Crippen molar-refractivity contribution in [1.82, 2.24) is 14.7 Å². The highest BCUT2D eigenvalue weighted by atomic mass is 19.1. The Hall–Kier alpha value is -3.29. The van der Waals surface area contributed by atoms with Crippen LogP contribution in [-0.2, 0) is 11.3 Å². The van der Waals surface area contributed by atoms with Gasteiger partial charge >= 0.3 is 0 Å². The SMILES string of the molecule is O=C(CCCCCN1CC[C@@H]2[C@@H](C1)c1cc(F)ccc1N2c1ccc(F)cc1)N1CCN(Cc2ccccc2)CC1. The molecule has 41 heavy (non-hydrogen) atoms. The second-order valence-corrected chi connectivity index (χ2v) is 11.8. The predicted molar refractivity (Wildman–Crippen MR) is 159 cm³/mol. The van der Waals surface area contributed by atoms with Gasteiger partial charge in [-0.3, -0.25) is 9.69 Å². The molecule has 2 atom stereocenters. The minimum absolute atomic E-state index is 0.206. The normalized spacial score (nSPS) is 21.1. The average Bonchev–Trinajstić information content (AvgIpc) is 3.31. The van der Waals surface area contributed by atoms with E-state index in [1.54, 1.807) is 6.07 Å². The van der Waals surface area contributed by atoms with Crippen LogP contribution >= 0.6 is 0 Å². The number of likely N-dealkylation sites (tertiary alicyclic amines) is 1. The molecule has 5 nitrogen and oxygen atoms in total. The van der Waals surface area contributed by atoms with Crippen LogP contribution in [0.3, 0.4) is 0 Å². The van der Waals surface area contributed by atoms with Gasteiger partial charge in [0.2, 0.25) is 5.91 Å². The van der Waals surface area contributed by atoms with Gasteiger partial charge in [-0.05, 0) is 79.4 Å². The molecule has 0 saturated carbocycles. The Balaban J connectivity index is 0.944. The number of carbonyl (C=O) groups excluding carboxylic acids is 1. The summed E-state index contributed by atoms with van der Waals surface area (Å²) in [4.78, 5) is 22.0. The predicted octanol–water partition coefficient (Wildman–Crippen LogP) is 6.18. The van der Waals surface area contributed by atoms with Crippen LogP contribution in [0, 0.1) is 11.6 Å². The number of amides is 1. The molecule has 0 radical (unpaired) electrons. The summed E-state index contributed by atoms with van der Waals surface area (Å²) < 4.78 is 27.9. The minimum atomic E-state index is -0.248. The van der Waals surface area contributed by atoms with Crippen molar-refractivity contribution in [3.8, 4) is 0 Å². The quantitative estimate of drug-likeness (QED) is 0.294. The number of nitrogens with zero attached hydrogens (tertiary/aromatic N) is 4. The molecule has 3 aliphatic rings. The van der Waals surface area contributed by atoms with E-state index >= 15 is 0 Å². The van der Waals surface area contributed by atoms with Crippen LogP contribution in [-0.4, -0.2) is 72.5 Å². The van der Waals surface area contributed by atoms with Gasteiger partial charge in [0.1, 0.15) is 11.6 Å². The highest BCUT2D eigenvalue weighted by molar-refractivity contribution is 5.76. The average molecular weight is 559 g/mol. The first kappa shape index (κ1) is 27.9. The molecule has 2 fully saturated rings. The summed E-state index contributed by atoms with van der Waals surface area (Å²) >= 11 is 0. The van der Waals surface area contributed by atoms with E-state index < -0.39 is 0 Å². The van der Waals surface area contributed by atoms with Crippen LogP contribution < -0.4 is 4.90 Å². The number of halogens is 2. The van der Waals surface area contributed by atoms with Crippen LogP contribution in [0.4, 0.5) is 20.2 Å². The van der Waals surface area contributed by atoms with Crippen molar-refractivity contribution in [1.29, 1.82) is 0 Å². The summed E-state index contributed by atoms with van der Waals surface area (Å²) in [6.45, 7) is 7.33. The monoisotopic (exact) mass is 558 g/mol. The van der Waals surface area contributed by atoms with Crippen molar-refractivity contribution in [3.05, 3.63) is 95.6 Å². The van der Waals surface area contributed by atoms with Gasteiger partial charge in [0, 0.05) is 75.6 Å². The van der Waals surface area contributed by atoms with E-state index in [9.17, 15) is 13.6 Å². The molecular weight excluding hydrogens is 518 g/mol. The summed E-state index contributed by atoms with van der Waals surface area (Å²) in [5.74, 6) is 0.0573. The number of hydrogen-bond donors (Lipinski definition) is 0. The molecule has 3 aromatic rings. The Morgan fingerprint density at radius 2 is 1.54 bits per heavy atom. The van der Waals surface area contributed by atoms with Gasteiger partial charge in [0.05, 0.1) is 0 Å². The number of piperazine rings is 1. The number of anilines is 2. The molecule has 1 amide bonds. The zero-order valence-corrected chi connectivity index (χ0v) is 23.7. The maximum Gasteiger partial charge on any atom is 0.222 e. The van der Waals surface area contributed by atoms with Crippen molar-refractivity contribution >= 4 is 17.3 Å². The van der Waals surface area contributed by atoms with E-state index in [0.717, 1.165) is 95.0 Å². The van der Waals surface area contributed by atoms with Crippen molar-refractivity contribution < 1.29 is 13.6 Å². The van der Waals surface area contributed by atoms with Crippen molar-refractivity contribution in [2.24, 2.45) is 0 Å². The number of unbranched alkanes of at least 4 members (excludes halogenated alkanes) is 2. The number of hydrogen-bond acceptors (Lipinski definition) is 4. The molecular formula is C34H40F2N4O. The Morgan fingerprint density at radius 3 is 2.32 bits per heavy atom. The maximum atomic E-state index is 14.3. The molecule has 3 aliphatic heterocycles. The fourth-order valence-electron chi connectivity index (χ4n) is 6.92. The highest BCUT2D eigenvalue weighted by Gasteiger charge is 2.42. The third kappa shape index (κ3) is 6.47. The molecule has 0 unspecified atom stereocenters. The molecule has 3 aromatic carbocycles. The van der Waals surface area contributed by atoms with Crippen LogP contribution in [0.5, 0.6) is 0 Å². The van der Waals surface area contributed by atoms with Gasteiger partial charge in [-0.2, -0.15) is 0 Å². The van der Waals surface area contributed by atoms with Gasteiger partial charge < -0.3 is 14.7 Å². The maximum absolute atomic E-state index is 14.3. The van der Waals surface area contributed by atoms with Crippen molar-refractivity contribution in [2.45, 2.75) is 50.6 Å². The van der Waals surface area contributed by atoms with Crippen LogP contribution in [0.1, 0.15) is 49.1 Å². The van der Waals surface area contributed by atoms with Crippen LogP contribution in [0.15, 0.2) is 72.8 Å². The fraction of sp³-hybridized carbons (Fsp3) is 0.441. The molecule has 216 valence electrons. The first-order valence-electron chi connectivity index (χ1n) is 15.2. The lowest BCUT2D eigenvalue weighted by molar-refractivity contribution is -0.133. The molecule has 0 aromatic heterocycles. The number of piperidine rings is 1. The number of rotatable bonds is 9. The second-order valence-electron chi connectivity index (χ2n) is 11.8. The lowest BCUT2D eigenvalue weighted by Crippen LogP contribution is -2.48. The Labute approximate surface area is 242 Å². The first-order valence-corrected chi connectivity index (χ1v) is 15.2. The van der Waals surface area contributed by atoms with E-state index in [1.807, 2.05) is 29.2 Å². The summed E-state index contributed by atoms with van der Waals surface area (Å²) in [6, 6.07) is 22.5. The van der Waals surface area contributed by atoms with Gasteiger partial charge in [-0.1, -0.05) is 36.8 Å². The molecule has 0 N–H and O–H groups in total. The standard InChI is InChI=1S/C34H40F2N4O/c35-27-10-13-29(14-11-27)40-32-15-12-28(36)23-30(32)31-25-37(18-16-33(31)40)17-6-2-5-9-34(41)39-21-19-38(20-22-39)24-26-7-3-1-4-8-26/h1,3-4,7-8,10-15,23,31,33H,2,5-6,9,16-22,24-25H2/t31-,33+/m0/s1. The van der Waals surface area contributed by atoms with E-state index in [-0.39, 0.29) is 29.5 Å². The number of fused-ring (bicyclic) bond motifs is 3. The molecule has 6 rings (SSSR count). The Morgan fingerprint density at radius 1 is 0.780 bits per heavy atom. The summed E-state index contributed by atoms with van der Waals surface area (Å²) in [7, 11) is 0. The highest BCUT2D eigenvalue weighted by Crippen LogP contribution is 2.48. The second kappa shape index (κ2) is 12.7. The zero-order valence-electron chi connectivity index (χ0n) is 23.7. The zero-order chi connectivity index (χ0) is 28.2. The van der Waals surface area contributed by atoms with E-state index in [0.29, 0.717) is 6.42 Å². The lowest BCUT2D eigenvalue weighted by Gasteiger charge is -2.39. The molecule has 0 aliphatic carbocycles. The largest absolute Gasteiger partial charge is 0.340 e. The smallest absolute Gasteiger partial charge is 0.222 e. The Kier molecular flexibility index (Phi) is 8.63. The van der Waals surface area contributed by atoms with E-state index in [4.69, 9.17) is 0 Å². The molecule has 3 heterocycles. The number of carbonyl (C=O) groups is 1. The topological polar surface area (TPSA) is 30.0 Å². The summed E-state index contributed by atoms with van der Waals surface area (Å²) in [6.07, 6.45) is 4.63. The fourth-order valence-corrected chi connectivity index (χ4v) is 6.92. The Bertz CT molecular complexity index is 1310. The molecule has 0 bridgehead atoms.